The quantitative estimate of drug-likeness (QED) is 0.450. The average molecular weight is 417 g/mol. The van der Waals surface area contributed by atoms with Gasteiger partial charge < -0.3 is 9.47 Å². The van der Waals surface area contributed by atoms with Crippen LogP contribution in [0.1, 0.15) is 75.7 Å². The van der Waals surface area contributed by atoms with Gasteiger partial charge in [0.05, 0.1) is 13.2 Å². The second kappa shape index (κ2) is 10.5. The fourth-order valence-electron chi connectivity index (χ4n) is 5.84. The van der Waals surface area contributed by atoms with Crippen molar-refractivity contribution < 1.29 is 9.47 Å². The van der Waals surface area contributed by atoms with Gasteiger partial charge in [-0.05, 0) is 86.8 Å². The van der Waals surface area contributed by atoms with Crippen LogP contribution in [0.2, 0.25) is 5.02 Å². The summed E-state index contributed by atoms with van der Waals surface area (Å²) in [5, 5.41) is 0.825. The summed E-state index contributed by atoms with van der Waals surface area (Å²) < 4.78 is 12.6. The van der Waals surface area contributed by atoms with E-state index in [1.807, 2.05) is 12.1 Å². The third kappa shape index (κ3) is 5.66. The summed E-state index contributed by atoms with van der Waals surface area (Å²) in [6.45, 7) is 5.68. The van der Waals surface area contributed by atoms with Crippen LogP contribution in [0, 0.1) is 23.7 Å². The molecule has 0 aromatic heterocycles. The van der Waals surface area contributed by atoms with Gasteiger partial charge in [-0.2, -0.15) is 0 Å². The molecule has 4 rings (SSSR count). The van der Waals surface area contributed by atoms with Crippen molar-refractivity contribution in [2.75, 3.05) is 13.2 Å². The van der Waals surface area contributed by atoms with Crippen molar-refractivity contribution in [2.45, 2.75) is 76.4 Å². The van der Waals surface area contributed by atoms with Crippen LogP contribution < -0.4 is 0 Å². The number of benzene rings is 1. The molecule has 1 heterocycles. The Morgan fingerprint density at radius 1 is 0.828 bits per heavy atom. The van der Waals surface area contributed by atoms with E-state index in [-0.39, 0.29) is 6.29 Å². The summed E-state index contributed by atoms with van der Waals surface area (Å²) in [6.07, 6.45) is 14.9. The van der Waals surface area contributed by atoms with E-state index in [2.05, 4.69) is 24.8 Å². The normalized spacial score (nSPS) is 35.9. The Hall–Kier alpha value is -0.830. The topological polar surface area (TPSA) is 18.5 Å². The number of hydrogen-bond donors (Lipinski definition) is 0. The van der Waals surface area contributed by atoms with Gasteiger partial charge in [0.25, 0.3) is 0 Å². The molecule has 0 amide bonds. The molecule has 3 heteroatoms. The fourth-order valence-corrected chi connectivity index (χ4v) is 5.96. The van der Waals surface area contributed by atoms with Crippen molar-refractivity contribution in [2.24, 2.45) is 23.7 Å². The van der Waals surface area contributed by atoms with E-state index in [9.17, 15) is 0 Å². The summed E-state index contributed by atoms with van der Waals surface area (Å²) in [5.41, 5.74) is 1.43. The molecule has 1 saturated heterocycles. The molecule has 1 aromatic carbocycles. The lowest BCUT2D eigenvalue weighted by Gasteiger charge is -2.41. The van der Waals surface area contributed by atoms with Gasteiger partial charge >= 0.3 is 0 Å². The predicted molar refractivity (Wildman–Crippen MR) is 120 cm³/mol. The molecule has 2 saturated carbocycles. The van der Waals surface area contributed by atoms with Gasteiger partial charge in [-0.25, -0.2) is 0 Å². The van der Waals surface area contributed by atoms with Crippen LogP contribution in [-0.4, -0.2) is 19.5 Å². The molecule has 0 spiro atoms. The van der Waals surface area contributed by atoms with Gasteiger partial charge in [0, 0.05) is 16.9 Å². The maximum atomic E-state index is 6.28. The second-order valence-electron chi connectivity index (χ2n) is 9.61. The maximum Gasteiger partial charge on any atom is 0.160 e. The van der Waals surface area contributed by atoms with Crippen LogP contribution in [0.15, 0.2) is 36.9 Å². The number of rotatable bonds is 6. The Balaban J connectivity index is 1.18. The molecule has 0 atom stereocenters. The molecule has 0 N–H and O–H groups in total. The van der Waals surface area contributed by atoms with Crippen molar-refractivity contribution in [3.8, 4) is 0 Å². The Morgan fingerprint density at radius 3 is 2.07 bits per heavy atom. The Kier molecular flexibility index (Phi) is 7.72. The van der Waals surface area contributed by atoms with E-state index in [0.717, 1.165) is 30.1 Å². The lowest BCUT2D eigenvalue weighted by atomic mass is 9.74. The van der Waals surface area contributed by atoms with Crippen molar-refractivity contribution in [3.05, 3.63) is 47.5 Å². The summed E-state index contributed by atoms with van der Waals surface area (Å²) in [4.78, 5) is 0. The highest BCUT2D eigenvalue weighted by Crippen LogP contribution is 2.41. The van der Waals surface area contributed by atoms with Crippen LogP contribution in [0.5, 0.6) is 0 Å². The van der Waals surface area contributed by atoms with Gasteiger partial charge in [0.15, 0.2) is 6.29 Å². The summed E-state index contributed by atoms with van der Waals surface area (Å²) in [6, 6.07) is 8.42. The Labute approximate surface area is 182 Å². The third-order valence-electron chi connectivity index (χ3n) is 7.78. The maximum absolute atomic E-state index is 6.28. The van der Waals surface area contributed by atoms with E-state index in [1.165, 1.54) is 69.8 Å². The third-order valence-corrected chi connectivity index (χ3v) is 8.04. The first-order valence-electron chi connectivity index (χ1n) is 11.8. The van der Waals surface area contributed by atoms with Gasteiger partial charge in [-0.15, -0.1) is 6.58 Å². The van der Waals surface area contributed by atoms with Crippen LogP contribution in [0.25, 0.3) is 0 Å². The number of allylic oxidation sites excluding steroid dienone is 1. The first-order chi connectivity index (χ1) is 14.2. The second-order valence-corrected chi connectivity index (χ2v) is 10.0. The average Bonchev–Trinajstić information content (AvgIpc) is 2.79. The number of hydrogen-bond acceptors (Lipinski definition) is 2. The van der Waals surface area contributed by atoms with Gasteiger partial charge in [-0.1, -0.05) is 42.7 Å². The summed E-state index contributed by atoms with van der Waals surface area (Å²) >= 11 is 6.03. The van der Waals surface area contributed by atoms with E-state index in [4.69, 9.17) is 21.1 Å². The zero-order valence-electron chi connectivity index (χ0n) is 17.7. The highest BCUT2D eigenvalue weighted by atomic mass is 35.5. The van der Waals surface area contributed by atoms with Crippen molar-refractivity contribution >= 4 is 11.6 Å². The van der Waals surface area contributed by atoms with Crippen molar-refractivity contribution in [1.29, 1.82) is 0 Å². The SMILES string of the molecule is C=CCC[C@H]1CC[C@H]([C@H]2CO[C@H]([C@H]3CC[C@H](c4ccc(Cl)cc4)CC3)OC2)CC1. The van der Waals surface area contributed by atoms with E-state index in [1.54, 1.807) is 0 Å². The molecule has 3 aliphatic rings. The molecule has 3 fully saturated rings. The minimum Gasteiger partial charge on any atom is -0.352 e. The lowest BCUT2D eigenvalue weighted by molar-refractivity contribution is -0.236. The molecule has 2 nitrogen and oxygen atoms in total. The minimum atomic E-state index is 0.0290. The molecule has 1 aliphatic heterocycles. The molecule has 160 valence electrons. The van der Waals surface area contributed by atoms with Crippen molar-refractivity contribution in [3.63, 3.8) is 0 Å². The minimum absolute atomic E-state index is 0.0290. The smallest absolute Gasteiger partial charge is 0.160 e. The molecule has 29 heavy (non-hydrogen) atoms. The monoisotopic (exact) mass is 416 g/mol. The molecular formula is C26H37ClO2. The van der Waals surface area contributed by atoms with Crippen LogP contribution >= 0.6 is 11.6 Å². The zero-order chi connectivity index (χ0) is 20.1. The lowest BCUT2D eigenvalue weighted by Crippen LogP contribution is -2.41. The van der Waals surface area contributed by atoms with Crippen LogP contribution in [-0.2, 0) is 9.47 Å². The molecule has 1 aromatic rings. The van der Waals surface area contributed by atoms with Gasteiger partial charge in [0.2, 0.25) is 0 Å². The fraction of sp³-hybridized carbons (Fsp3) is 0.692. The zero-order valence-corrected chi connectivity index (χ0v) is 18.5. The first-order valence-corrected chi connectivity index (χ1v) is 12.2. The molecule has 2 aliphatic carbocycles. The van der Waals surface area contributed by atoms with Gasteiger partial charge in [-0.3, -0.25) is 0 Å². The van der Waals surface area contributed by atoms with Crippen LogP contribution in [0.3, 0.4) is 0 Å². The standard InChI is InChI=1S/C26H37ClO2/c1-2-3-4-19-5-7-22(8-6-19)24-17-28-26(29-18-24)23-11-9-20(10-12-23)21-13-15-25(27)16-14-21/h2,13-16,19-20,22-24,26H,1,3-12,17-18H2/t19-,20-,22-,23-,24-,26-. The Bertz CT molecular complexity index is 619. The summed E-state index contributed by atoms with van der Waals surface area (Å²) in [7, 11) is 0. The van der Waals surface area contributed by atoms with E-state index in [0.29, 0.717) is 17.8 Å². The Morgan fingerprint density at radius 2 is 1.45 bits per heavy atom. The number of ether oxygens (including phenoxy) is 2. The predicted octanol–water partition coefficient (Wildman–Crippen LogP) is 7.38. The van der Waals surface area contributed by atoms with Crippen LogP contribution in [0.4, 0.5) is 0 Å². The molecule has 0 bridgehead atoms. The highest BCUT2D eigenvalue weighted by molar-refractivity contribution is 6.30. The molecule has 0 unspecified atom stereocenters. The van der Waals surface area contributed by atoms with E-state index < -0.39 is 0 Å². The molecule has 0 radical (unpaired) electrons. The molecular weight excluding hydrogens is 380 g/mol. The highest BCUT2D eigenvalue weighted by Gasteiger charge is 2.36. The number of halogens is 1. The van der Waals surface area contributed by atoms with E-state index >= 15 is 0 Å². The summed E-state index contributed by atoms with van der Waals surface area (Å²) in [5.74, 6) is 3.55. The first kappa shape index (κ1) is 21.4. The van der Waals surface area contributed by atoms with Crippen molar-refractivity contribution in [1.82, 2.24) is 0 Å². The largest absolute Gasteiger partial charge is 0.352 e. The van der Waals surface area contributed by atoms with Gasteiger partial charge in [0.1, 0.15) is 0 Å².